The van der Waals surface area contributed by atoms with E-state index in [4.69, 9.17) is 13.5 Å². The molecular weight excluding hydrogens is 407 g/mol. The van der Waals surface area contributed by atoms with Gasteiger partial charge < -0.3 is 8.23 Å². The molecule has 156 valence electrons. The highest BCUT2D eigenvalue weighted by atomic mass is 28.5. The Morgan fingerprint density at radius 2 is 1.24 bits per heavy atom. The van der Waals surface area contributed by atoms with E-state index in [-0.39, 0.29) is 0 Å². The van der Waals surface area contributed by atoms with E-state index in [1.165, 1.54) is 23.6 Å². The van der Waals surface area contributed by atoms with E-state index in [9.17, 15) is 0 Å². The Hall–Kier alpha value is -1.50. The Morgan fingerprint density at radius 3 is 1.72 bits per heavy atom. The van der Waals surface area contributed by atoms with Crippen LogP contribution in [-0.2, 0) is 14.3 Å². The summed E-state index contributed by atoms with van der Waals surface area (Å²) in [4.78, 5) is 0. The average Bonchev–Trinajstić information content (AvgIpc) is 2.60. The average molecular weight is 442 g/mol. The Balaban J connectivity index is 2.04. The second-order valence-corrected chi connectivity index (χ2v) is 21.8. The molecule has 0 heterocycles. The molecule has 0 aromatic heterocycles. The fraction of sp³-hybridized carbons (Fsp3) is 0.435. The van der Waals surface area contributed by atoms with Crippen LogP contribution in [0.3, 0.4) is 0 Å². The van der Waals surface area contributed by atoms with E-state index in [0.29, 0.717) is 5.56 Å². The summed E-state index contributed by atoms with van der Waals surface area (Å²) in [6.07, 6.45) is 1.18. The Labute approximate surface area is 180 Å². The summed E-state index contributed by atoms with van der Waals surface area (Å²) in [6, 6.07) is 20.8. The lowest BCUT2D eigenvalue weighted by Gasteiger charge is -2.38. The smallest absolute Gasteiger partial charge is 0.311 e. The highest BCUT2D eigenvalue weighted by molar-refractivity contribution is 6.87. The number of nitriles is 1. The van der Waals surface area contributed by atoms with Crippen molar-refractivity contribution in [2.24, 2.45) is 0 Å². The van der Waals surface area contributed by atoms with Crippen LogP contribution in [0, 0.1) is 11.3 Å². The molecule has 0 N–H and O–H groups in total. The fourth-order valence-electron chi connectivity index (χ4n) is 4.08. The lowest BCUT2D eigenvalue weighted by atomic mass is 10.0. The second kappa shape index (κ2) is 9.54. The molecule has 0 atom stereocenters. The van der Waals surface area contributed by atoms with Crippen LogP contribution in [0.4, 0.5) is 0 Å². The molecule has 0 saturated carbocycles. The summed E-state index contributed by atoms with van der Waals surface area (Å²) in [5.74, 6) is 0. The van der Waals surface area contributed by atoms with Gasteiger partial charge in [0.25, 0.3) is 0 Å². The molecule has 2 aromatic carbocycles. The minimum absolute atomic E-state index is 0.689. The first-order valence-electron chi connectivity index (χ1n) is 10.5. The van der Waals surface area contributed by atoms with Crippen LogP contribution in [0.1, 0.15) is 24.5 Å². The molecule has 0 spiro atoms. The minimum atomic E-state index is -2.14. The summed E-state index contributed by atoms with van der Waals surface area (Å²) in [5, 5.41) is 8.95. The van der Waals surface area contributed by atoms with E-state index in [2.05, 4.69) is 76.5 Å². The summed E-state index contributed by atoms with van der Waals surface area (Å²) < 4.78 is 13.3. The maximum absolute atomic E-state index is 8.95. The maximum atomic E-state index is 8.95. The normalized spacial score (nSPS) is 12.6. The molecule has 0 aliphatic carbocycles. The highest BCUT2D eigenvalue weighted by Crippen LogP contribution is 2.26. The molecular formula is C23H35NO2Si3. The van der Waals surface area contributed by atoms with Gasteiger partial charge in [-0.05, 0) is 80.2 Å². The highest BCUT2D eigenvalue weighted by Gasteiger charge is 2.39. The zero-order chi connectivity index (χ0) is 21.7. The Kier molecular flexibility index (Phi) is 7.82. The minimum Gasteiger partial charge on any atom is -0.437 e. The van der Waals surface area contributed by atoms with Crippen LogP contribution in [0.15, 0.2) is 48.5 Å². The van der Waals surface area contributed by atoms with Crippen molar-refractivity contribution in [1.29, 1.82) is 5.26 Å². The number of nitrogens with zero attached hydrogens (tertiary/aromatic N) is 1. The number of hydrogen-bond donors (Lipinski definition) is 0. The van der Waals surface area contributed by atoms with Crippen LogP contribution in [0.2, 0.25) is 45.3 Å². The summed E-state index contributed by atoms with van der Waals surface area (Å²) in [6.45, 7) is 15.9. The van der Waals surface area contributed by atoms with E-state index in [1.807, 2.05) is 24.3 Å². The van der Waals surface area contributed by atoms with Crippen LogP contribution < -0.4 is 0 Å². The van der Waals surface area contributed by atoms with Crippen molar-refractivity contribution in [1.82, 2.24) is 0 Å². The van der Waals surface area contributed by atoms with E-state index in [0.717, 1.165) is 11.6 Å². The van der Waals surface area contributed by atoms with Crippen molar-refractivity contribution in [3.8, 4) is 17.2 Å². The lowest BCUT2D eigenvalue weighted by Crippen LogP contribution is -2.53. The van der Waals surface area contributed by atoms with Gasteiger partial charge in [-0.2, -0.15) is 5.26 Å². The van der Waals surface area contributed by atoms with Crippen LogP contribution >= 0.6 is 0 Å². The first-order valence-corrected chi connectivity index (χ1v) is 19.5. The third kappa shape index (κ3) is 7.68. The van der Waals surface area contributed by atoms with Gasteiger partial charge in [-0.25, -0.2) is 0 Å². The van der Waals surface area contributed by atoms with Gasteiger partial charge in [0.05, 0.1) is 11.6 Å². The third-order valence-electron chi connectivity index (χ3n) is 4.83. The molecule has 0 fully saturated rings. The second-order valence-electron chi connectivity index (χ2n) is 9.44. The van der Waals surface area contributed by atoms with Gasteiger partial charge in [0.2, 0.25) is 0 Å². The van der Waals surface area contributed by atoms with E-state index in [1.54, 1.807) is 0 Å². The molecule has 0 aliphatic rings. The van der Waals surface area contributed by atoms with Crippen molar-refractivity contribution in [2.45, 2.75) is 64.7 Å². The largest absolute Gasteiger partial charge is 0.437 e. The maximum Gasteiger partial charge on any atom is 0.311 e. The predicted molar refractivity (Wildman–Crippen MR) is 130 cm³/mol. The Bertz CT molecular complexity index is 838. The van der Waals surface area contributed by atoms with Gasteiger partial charge in [0, 0.05) is 0 Å². The quantitative estimate of drug-likeness (QED) is 0.399. The van der Waals surface area contributed by atoms with Crippen molar-refractivity contribution in [3.05, 3.63) is 59.7 Å². The summed E-state index contributed by atoms with van der Waals surface area (Å²) >= 11 is 0. The summed E-state index contributed by atoms with van der Waals surface area (Å²) in [5.41, 5.74) is 4.31. The fourth-order valence-corrected chi connectivity index (χ4v) is 18.4. The lowest BCUT2D eigenvalue weighted by molar-refractivity contribution is 0.388. The summed E-state index contributed by atoms with van der Waals surface area (Å²) in [7, 11) is -5.67. The van der Waals surface area contributed by atoms with Crippen molar-refractivity contribution in [3.63, 3.8) is 0 Å². The zero-order valence-electron chi connectivity index (χ0n) is 19.0. The molecule has 3 nitrogen and oxygen atoms in total. The van der Waals surface area contributed by atoms with Crippen LogP contribution in [-0.4, -0.2) is 25.2 Å². The van der Waals surface area contributed by atoms with E-state index < -0.39 is 25.2 Å². The molecule has 0 saturated heterocycles. The van der Waals surface area contributed by atoms with Crippen molar-refractivity contribution < 1.29 is 8.23 Å². The van der Waals surface area contributed by atoms with Crippen LogP contribution in [0.25, 0.3) is 11.1 Å². The number of rotatable bonds is 9. The topological polar surface area (TPSA) is 42.2 Å². The Morgan fingerprint density at radius 1 is 0.759 bits per heavy atom. The molecule has 2 aromatic rings. The first-order chi connectivity index (χ1) is 13.5. The molecule has 6 heteroatoms. The van der Waals surface area contributed by atoms with Gasteiger partial charge >= 0.3 is 8.56 Å². The van der Waals surface area contributed by atoms with Gasteiger partial charge in [-0.15, -0.1) is 0 Å². The SMILES string of the molecule is CCC[Si](C)(C)O[Si](C)(C)O[Si](C)(C)Cc1ccc(-c2ccc(C#N)cc2)cc1. The van der Waals surface area contributed by atoms with Gasteiger partial charge in [-0.1, -0.05) is 49.7 Å². The van der Waals surface area contributed by atoms with Gasteiger partial charge in [0.15, 0.2) is 16.6 Å². The monoisotopic (exact) mass is 441 g/mol. The number of benzene rings is 2. The van der Waals surface area contributed by atoms with Crippen molar-refractivity contribution >= 4 is 25.2 Å². The molecule has 0 aliphatic heterocycles. The molecule has 0 unspecified atom stereocenters. The molecule has 0 radical (unpaired) electrons. The molecule has 0 bridgehead atoms. The predicted octanol–water partition coefficient (Wildman–Crippen LogP) is 6.86. The van der Waals surface area contributed by atoms with Crippen molar-refractivity contribution in [2.75, 3.05) is 0 Å². The third-order valence-corrected chi connectivity index (χ3v) is 16.1. The van der Waals surface area contributed by atoms with Gasteiger partial charge in [-0.3, -0.25) is 0 Å². The molecule has 0 amide bonds. The van der Waals surface area contributed by atoms with Gasteiger partial charge in [0.1, 0.15) is 0 Å². The standard InChI is InChI=1S/C23H35NO2Si3/c1-8-17-27(2,3)25-29(6,7)26-28(4,5)19-21-11-15-23(16-12-21)22-13-9-20(18-24)10-14-22/h9-16H,8,17,19H2,1-7H3. The first kappa shape index (κ1) is 23.8. The number of hydrogen-bond acceptors (Lipinski definition) is 3. The van der Waals surface area contributed by atoms with Crippen LogP contribution in [0.5, 0.6) is 0 Å². The molecule has 29 heavy (non-hydrogen) atoms. The molecule has 2 rings (SSSR count). The zero-order valence-corrected chi connectivity index (χ0v) is 22.0. The van der Waals surface area contributed by atoms with E-state index >= 15 is 0 Å².